The summed E-state index contributed by atoms with van der Waals surface area (Å²) >= 11 is 0. The van der Waals surface area contributed by atoms with Crippen LogP contribution in [0.5, 0.6) is 0 Å². The van der Waals surface area contributed by atoms with E-state index in [4.69, 9.17) is 5.26 Å². The van der Waals surface area contributed by atoms with Crippen LogP contribution in [0, 0.1) is 28.8 Å². The molecule has 2 atom stereocenters. The Bertz CT molecular complexity index is 1410. The van der Waals surface area contributed by atoms with Crippen molar-refractivity contribution in [2.45, 2.75) is 18.5 Å². The number of nitrogens with one attached hydrogen (secondary N) is 2. The molecule has 2 aliphatic rings. The Morgan fingerprint density at radius 2 is 2.03 bits per heavy atom. The van der Waals surface area contributed by atoms with Crippen LogP contribution in [0.3, 0.4) is 0 Å². The monoisotopic (exact) mass is 449 g/mol. The third-order valence-corrected chi connectivity index (χ3v) is 5.48. The molecule has 1 aliphatic heterocycles. The summed E-state index contributed by atoms with van der Waals surface area (Å²) in [6, 6.07) is 9.27. The minimum atomic E-state index is -1.19. The first-order chi connectivity index (χ1) is 15.8. The summed E-state index contributed by atoms with van der Waals surface area (Å²) in [7, 11) is 0. The van der Waals surface area contributed by atoms with E-state index < -0.39 is 46.9 Å². The van der Waals surface area contributed by atoms with E-state index in [2.05, 4.69) is 15.7 Å². The Morgan fingerprint density at radius 3 is 2.82 bits per heavy atom. The lowest BCUT2D eigenvalue weighted by Crippen LogP contribution is -2.43. The van der Waals surface area contributed by atoms with Gasteiger partial charge in [0.2, 0.25) is 0 Å². The van der Waals surface area contributed by atoms with Gasteiger partial charge in [0, 0.05) is 12.0 Å². The zero-order chi connectivity index (χ0) is 23.3. The Labute approximate surface area is 185 Å². The molecule has 5 rings (SSSR count). The van der Waals surface area contributed by atoms with Gasteiger partial charge in [-0.2, -0.15) is 10.4 Å². The number of fused-ring (bicyclic) bond motifs is 3. The number of amides is 2. The maximum atomic E-state index is 14.5. The molecule has 1 aromatic heterocycles. The highest BCUT2D eigenvalue weighted by molar-refractivity contribution is 6.05. The van der Waals surface area contributed by atoms with E-state index in [1.807, 2.05) is 6.07 Å². The number of carbonyl (C=O) groups excluding carboxylic acids is 2. The fourth-order valence-electron chi connectivity index (χ4n) is 3.91. The van der Waals surface area contributed by atoms with Gasteiger partial charge in [-0.25, -0.2) is 13.2 Å². The highest BCUT2D eigenvalue weighted by atomic mass is 19.1. The van der Waals surface area contributed by atoms with E-state index in [9.17, 15) is 22.8 Å². The molecule has 10 heteroatoms. The fourth-order valence-corrected chi connectivity index (χ4v) is 3.91. The maximum Gasteiger partial charge on any atom is 0.275 e. The topological polar surface area (TPSA) is 99.8 Å². The summed E-state index contributed by atoms with van der Waals surface area (Å²) in [5.74, 6) is -4.76. The molecule has 0 spiro atoms. The largest absolute Gasteiger partial charge is 0.335 e. The van der Waals surface area contributed by atoms with E-state index in [0.717, 1.165) is 12.3 Å². The number of halogens is 3. The van der Waals surface area contributed by atoms with E-state index in [1.54, 1.807) is 30.3 Å². The lowest BCUT2D eigenvalue weighted by atomic mass is 10.0. The molecule has 7 nitrogen and oxygen atoms in total. The third kappa shape index (κ3) is 3.74. The van der Waals surface area contributed by atoms with Gasteiger partial charge in [-0.3, -0.25) is 14.3 Å². The first-order valence-electron chi connectivity index (χ1n) is 9.88. The molecule has 3 aromatic rings. The average molecular weight is 449 g/mol. The molecule has 1 aliphatic carbocycles. The van der Waals surface area contributed by atoms with Crippen molar-refractivity contribution in [2.75, 3.05) is 5.32 Å². The Kier molecular flexibility index (Phi) is 4.74. The number of nitrogens with zero attached hydrogens (tertiary/aromatic N) is 3. The van der Waals surface area contributed by atoms with Crippen molar-refractivity contribution in [3.8, 4) is 6.07 Å². The minimum Gasteiger partial charge on any atom is -0.335 e. The Hall–Kier alpha value is -4.39. The number of nitriles is 1. The molecule has 0 saturated carbocycles. The molecule has 2 unspecified atom stereocenters. The Balaban J connectivity index is 1.34. The van der Waals surface area contributed by atoms with Crippen molar-refractivity contribution >= 4 is 17.5 Å². The van der Waals surface area contributed by atoms with Crippen molar-refractivity contribution in [3.63, 3.8) is 0 Å². The molecule has 2 aromatic carbocycles. The van der Waals surface area contributed by atoms with E-state index in [-0.39, 0.29) is 17.8 Å². The van der Waals surface area contributed by atoms with Crippen LogP contribution in [-0.4, -0.2) is 27.6 Å². The third-order valence-electron chi connectivity index (χ3n) is 5.48. The van der Waals surface area contributed by atoms with Gasteiger partial charge in [0.1, 0.15) is 17.7 Å². The quantitative estimate of drug-likeness (QED) is 0.598. The first-order valence-corrected chi connectivity index (χ1v) is 9.88. The van der Waals surface area contributed by atoms with Gasteiger partial charge in [-0.15, -0.1) is 0 Å². The summed E-state index contributed by atoms with van der Waals surface area (Å²) in [5, 5.41) is 17.8. The zero-order valence-electron chi connectivity index (χ0n) is 16.8. The van der Waals surface area contributed by atoms with Gasteiger partial charge < -0.3 is 10.6 Å². The number of hydrogen-bond acceptors (Lipinski definition) is 4. The smallest absolute Gasteiger partial charge is 0.275 e. The number of carbonyl (C=O) groups is 2. The number of rotatable bonds is 4. The minimum absolute atomic E-state index is 0.122. The van der Waals surface area contributed by atoms with Crippen LogP contribution in [0.25, 0.3) is 0 Å². The van der Waals surface area contributed by atoms with Crippen LogP contribution in [0.15, 0.2) is 54.2 Å². The number of anilines is 1. The van der Waals surface area contributed by atoms with Gasteiger partial charge in [0.25, 0.3) is 11.8 Å². The van der Waals surface area contributed by atoms with Crippen LogP contribution in [0.1, 0.15) is 33.1 Å². The normalized spacial score (nSPS) is 18.2. The number of allylic oxidation sites excluding steroid dienone is 1. The molecule has 0 fully saturated rings. The molecule has 0 saturated heterocycles. The van der Waals surface area contributed by atoms with Crippen LogP contribution in [0.2, 0.25) is 0 Å². The van der Waals surface area contributed by atoms with Crippen molar-refractivity contribution in [1.29, 1.82) is 5.26 Å². The van der Waals surface area contributed by atoms with Crippen LogP contribution in [-0.2, 0) is 11.3 Å². The van der Waals surface area contributed by atoms with Crippen molar-refractivity contribution in [3.05, 3.63) is 94.1 Å². The summed E-state index contributed by atoms with van der Waals surface area (Å²) in [5.41, 5.74) is 1.16. The maximum absolute atomic E-state index is 14.5. The number of hydrogen-bond donors (Lipinski definition) is 2. The Morgan fingerprint density at radius 1 is 1.21 bits per heavy atom. The molecular formula is C23H14F3N5O2. The van der Waals surface area contributed by atoms with Gasteiger partial charge in [0.15, 0.2) is 11.5 Å². The lowest BCUT2D eigenvalue weighted by Gasteiger charge is -2.14. The molecule has 164 valence electrons. The first kappa shape index (κ1) is 20.5. The summed E-state index contributed by atoms with van der Waals surface area (Å²) in [6.07, 6.45) is 2.65. The predicted molar refractivity (Wildman–Crippen MR) is 110 cm³/mol. The fraction of sp³-hybridized carbons (Fsp3) is 0.130. The molecule has 0 radical (unpaired) electrons. The zero-order valence-corrected chi connectivity index (χ0v) is 16.8. The highest BCUT2D eigenvalue weighted by Crippen LogP contribution is 2.47. The second kappa shape index (κ2) is 7.63. The van der Waals surface area contributed by atoms with E-state index in [1.165, 1.54) is 4.68 Å². The predicted octanol–water partition coefficient (Wildman–Crippen LogP) is 2.99. The van der Waals surface area contributed by atoms with Crippen molar-refractivity contribution < 1.29 is 22.8 Å². The van der Waals surface area contributed by atoms with Gasteiger partial charge in [-0.1, -0.05) is 18.2 Å². The highest BCUT2D eigenvalue weighted by Gasteiger charge is 2.43. The van der Waals surface area contributed by atoms with Crippen LogP contribution >= 0.6 is 0 Å². The second-order valence-corrected chi connectivity index (χ2v) is 7.73. The molecular weight excluding hydrogens is 435 g/mol. The van der Waals surface area contributed by atoms with Gasteiger partial charge in [0.05, 0.1) is 30.1 Å². The van der Waals surface area contributed by atoms with E-state index >= 15 is 0 Å². The van der Waals surface area contributed by atoms with Crippen LogP contribution in [0.4, 0.5) is 18.9 Å². The van der Waals surface area contributed by atoms with Crippen molar-refractivity contribution in [1.82, 2.24) is 15.1 Å². The summed E-state index contributed by atoms with van der Waals surface area (Å²) < 4.78 is 43.5. The molecule has 33 heavy (non-hydrogen) atoms. The molecule has 2 N–H and O–H groups in total. The molecule has 2 heterocycles. The standard InChI is InChI=1S/C23H14F3N5O2/c24-13-5-15-14-7-16(14)20(22(32)28-19(15)17(25)6-13)29-23(33)21-18(26)10-31(30-21)9-12-3-1-2-11(4-12)8-27/h1-7,10,14,20H,9H2,(H,28,32)(H,29,33). The summed E-state index contributed by atoms with van der Waals surface area (Å²) in [4.78, 5) is 25.3. The summed E-state index contributed by atoms with van der Waals surface area (Å²) in [6.45, 7) is 0.122. The number of benzene rings is 2. The SMILES string of the molecule is N#Cc1cccc(Cn2cc(F)c(C(=O)NC3C(=O)Nc4c(F)cc(F)cc4C4C=C34)n2)c1. The number of aromatic nitrogens is 2. The lowest BCUT2D eigenvalue weighted by molar-refractivity contribution is -0.117. The van der Waals surface area contributed by atoms with Gasteiger partial charge in [-0.05, 0) is 34.9 Å². The van der Waals surface area contributed by atoms with Crippen LogP contribution < -0.4 is 10.6 Å². The van der Waals surface area contributed by atoms with E-state index in [0.29, 0.717) is 22.8 Å². The average Bonchev–Trinajstić information content (AvgIpc) is 3.49. The second-order valence-electron chi connectivity index (χ2n) is 7.73. The molecule has 0 bridgehead atoms. The molecule has 2 amide bonds. The van der Waals surface area contributed by atoms with Crippen molar-refractivity contribution in [2.24, 2.45) is 0 Å². The van der Waals surface area contributed by atoms with Gasteiger partial charge >= 0.3 is 0 Å².